The number of hydrogen-bond acceptors (Lipinski definition) is 2. The summed E-state index contributed by atoms with van der Waals surface area (Å²) >= 11 is 0. The van der Waals surface area contributed by atoms with Crippen LogP contribution in [0.3, 0.4) is 0 Å². The first-order chi connectivity index (χ1) is 6.42. The van der Waals surface area contributed by atoms with Gasteiger partial charge >= 0.3 is 6.36 Å². The summed E-state index contributed by atoms with van der Waals surface area (Å²) in [6.07, 6.45) is -4.84. The van der Waals surface area contributed by atoms with E-state index in [0.717, 1.165) is 12.1 Å². The summed E-state index contributed by atoms with van der Waals surface area (Å²) in [5, 5.41) is 0. The molecule has 0 atom stereocenters. The normalized spacial score (nSPS) is 10.7. The highest BCUT2D eigenvalue weighted by molar-refractivity contribution is 5.85. The fourth-order valence-corrected chi connectivity index (χ4v) is 0.917. The molecule has 0 saturated carbocycles. The van der Waals surface area contributed by atoms with E-state index in [2.05, 4.69) is 4.74 Å². The summed E-state index contributed by atoms with van der Waals surface area (Å²) in [7, 11) is 0. The fourth-order valence-electron chi connectivity index (χ4n) is 0.917. The number of benzene rings is 1. The van der Waals surface area contributed by atoms with E-state index in [0.29, 0.717) is 6.07 Å². The van der Waals surface area contributed by atoms with E-state index in [-0.39, 0.29) is 24.5 Å². The van der Waals surface area contributed by atoms with Crippen LogP contribution in [-0.2, 0) is 6.54 Å². The molecule has 0 radical (unpaired) electrons. The Morgan fingerprint density at radius 1 is 1.27 bits per heavy atom. The predicted molar refractivity (Wildman–Crippen MR) is 48.2 cm³/mol. The lowest BCUT2D eigenvalue weighted by Gasteiger charge is -2.11. The number of hydrogen-bond donors (Lipinski definition) is 1. The fraction of sp³-hybridized carbons (Fsp3) is 0.250. The van der Waals surface area contributed by atoms with E-state index >= 15 is 0 Å². The quantitative estimate of drug-likeness (QED) is 0.813. The second-order valence-corrected chi connectivity index (χ2v) is 2.50. The molecule has 1 rings (SSSR count). The van der Waals surface area contributed by atoms with Gasteiger partial charge in [0, 0.05) is 18.2 Å². The molecular formula is C8H8ClF4NO. The molecule has 0 bridgehead atoms. The van der Waals surface area contributed by atoms with Crippen molar-refractivity contribution in [3.05, 3.63) is 29.6 Å². The molecule has 0 heterocycles. The smallest absolute Gasteiger partial charge is 0.405 e. The van der Waals surface area contributed by atoms with Crippen molar-refractivity contribution in [3.63, 3.8) is 0 Å². The second-order valence-electron chi connectivity index (χ2n) is 2.50. The van der Waals surface area contributed by atoms with Crippen LogP contribution in [0.4, 0.5) is 17.6 Å². The Morgan fingerprint density at radius 3 is 2.33 bits per heavy atom. The second kappa shape index (κ2) is 5.18. The zero-order valence-electron chi connectivity index (χ0n) is 7.34. The summed E-state index contributed by atoms with van der Waals surface area (Å²) < 4.78 is 51.6. The molecule has 0 aliphatic rings. The van der Waals surface area contributed by atoms with Gasteiger partial charge in [-0.3, -0.25) is 0 Å². The van der Waals surface area contributed by atoms with E-state index in [4.69, 9.17) is 5.73 Å². The van der Waals surface area contributed by atoms with Gasteiger partial charge in [-0.25, -0.2) is 4.39 Å². The van der Waals surface area contributed by atoms with Crippen LogP contribution in [0.5, 0.6) is 5.75 Å². The average Bonchev–Trinajstić information content (AvgIpc) is 2.01. The zero-order chi connectivity index (χ0) is 10.8. The topological polar surface area (TPSA) is 35.2 Å². The molecule has 0 aliphatic carbocycles. The largest absolute Gasteiger partial charge is 0.573 e. The van der Waals surface area contributed by atoms with E-state index in [9.17, 15) is 17.6 Å². The number of alkyl halides is 3. The van der Waals surface area contributed by atoms with Gasteiger partial charge < -0.3 is 10.5 Å². The Labute approximate surface area is 89.4 Å². The van der Waals surface area contributed by atoms with Gasteiger partial charge in [0.1, 0.15) is 11.6 Å². The van der Waals surface area contributed by atoms with Crippen molar-refractivity contribution in [2.45, 2.75) is 12.9 Å². The highest BCUT2D eigenvalue weighted by atomic mass is 35.5. The van der Waals surface area contributed by atoms with Gasteiger partial charge in [0.15, 0.2) is 0 Å². The molecule has 7 heteroatoms. The van der Waals surface area contributed by atoms with Crippen LogP contribution in [-0.4, -0.2) is 6.36 Å². The minimum Gasteiger partial charge on any atom is -0.405 e. The van der Waals surface area contributed by atoms with Crippen LogP contribution in [0.2, 0.25) is 0 Å². The molecule has 2 nitrogen and oxygen atoms in total. The van der Waals surface area contributed by atoms with Crippen molar-refractivity contribution >= 4 is 12.4 Å². The van der Waals surface area contributed by atoms with Crippen molar-refractivity contribution in [1.29, 1.82) is 0 Å². The molecule has 2 N–H and O–H groups in total. The Bertz CT molecular complexity index is 329. The lowest BCUT2D eigenvalue weighted by atomic mass is 10.2. The monoisotopic (exact) mass is 245 g/mol. The van der Waals surface area contributed by atoms with Crippen molar-refractivity contribution in [1.82, 2.24) is 0 Å². The van der Waals surface area contributed by atoms with E-state index in [1.165, 1.54) is 0 Å². The average molecular weight is 246 g/mol. The van der Waals surface area contributed by atoms with Crippen LogP contribution in [0.15, 0.2) is 18.2 Å². The van der Waals surface area contributed by atoms with Crippen LogP contribution < -0.4 is 10.5 Å². The van der Waals surface area contributed by atoms with Gasteiger partial charge in [0.25, 0.3) is 0 Å². The molecule has 15 heavy (non-hydrogen) atoms. The van der Waals surface area contributed by atoms with Crippen molar-refractivity contribution in [3.8, 4) is 5.75 Å². The van der Waals surface area contributed by atoms with Gasteiger partial charge in [-0.15, -0.1) is 25.6 Å². The minimum atomic E-state index is -4.84. The third-order valence-electron chi connectivity index (χ3n) is 1.47. The summed E-state index contributed by atoms with van der Waals surface area (Å²) in [6, 6.07) is 2.82. The summed E-state index contributed by atoms with van der Waals surface area (Å²) in [6.45, 7) is -0.147. The number of rotatable bonds is 2. The molecule has 0 aliphatic heterocycles. The maximum atomic E-state index is 12.6. The van der Waals surface area contributed by atoms with Crippen LogP contribution in [0.25, 0.3) is 0 Å². The first kappa shape index (κ1) is 14.0. The molecule has 86 valence electrons. The minimum absolute atomic E-state index is 0. The molecule has 0 amide bonds. The molecule has 1 aromatic carbocycles. The van der Waals surface area contributed by atoms with Gasteiger partial charge in [0.05, 0.1) is 0 Å². The predicted octanol–water partition coefficient (Wildman–Crippen LogP) is 2.60. The van der Waals surface area contributed by atoms with Gasteiger partial charge in [0.2, 0.25) is 0 Å². The van der Waals surface area contributed by atoms with E-state index in [1.54, 1.807) is 0 Å². The Balaban J connectivity index is 0.00000196. The first-order valence-corrected chi connectivity index (χ1v) is 3.66. The zero-order valence-corrected chi connectivity index (χ0v) is 8.16. The Kier molecular flexibility index (Phi) is 4.83. The summed E-state index contributed by atoms with van der Waals surface area (Å²) in [5.74, 6) is -1.40. The Morgan fingerprint density at radius 2 is 1.87 bits per heavy atom. The molecule has 0 spiro atoms. The highest BCUT2D eigenvalue weighted by Crippen LogP contribution is 2.26. The third-order valence-corrected chi connectivity index (χ3v) is 1.47. The van der Waals surface area contributed by atoms with E-state index < -0.39 is 17.9 Å². The van der Waals surface area contributed by atoms with Crippen molar-refractivity contribution in [2.75, 3.05) is 0 Å². The summed E-state index contributed by atoms with van der Waals surface area (Å²) in [5.41, 5.74) is 5.25. The molecule has 0 saturated heterocycles. The van der Waals surface area contributed by atoms with Crippen molar-refractivity contribution in [2.24, 2.45) is 5.73 Å². The molecule has 0 fully saturated rings. The maximum absolute atomic E-state index is 12.6. The lowest BCUT2D eigenvalue weighted by molar-refractivity contribution is -0.274. The summed E-state index contributed by atoms with van der Waals surface area (Å²) in [4.78, 5) is 0. The van der Waals surface area contributed by atoms with Crippen molar-refractivity contribution < 1.29 is 22.3 Å². The Hall–Kier alpha value is -1.01. The number of halogens is 5. The van der Waals surface area contributed by atoms with Crippen LogP contribution >= 0.6 is 12.4 Å². The molecule has 1 aromatic rings. The highest BCUT2D eigenvalue weighted by Gasteiger charge is 2.32. The molecule has 0 aromatic heterocycles. The van der Waals surface area contributed by atoms with Crippen LogP contribution in [0.1, 0.15) is 5.56 Å². The van der Waals surface area contributed by atoms with Gasteiger partial charge in [-0.1, -0.05) is 6.07 Å². The SMILES string of the molecule is Cl.NCc1ccc(F)cc1OC(F)(F)F. The lowest BCUT2D eigenvalue weighted by Crippen LogP contribution is -2.18. The number of ether oxygens (including phenoxy) is 1. The van der Waals surface area contributed by atoms with Gasteiger partial charge in [-0.05, 0) is 6.07 Å². The third kappa shape index (κ3) is 4.35. The standard InChI is InChI=1S/C8H7F4NO.ClH/c9-6-2-1-5(4-13)7(3-6)14-8(10,11)12;/h1-3H,4,13H2;1H. The first-order valence-electron chi connectivity index (χ1n) is 3.66. The molecular weight excluding hydrogens is 238 g/mol. The van der Waals surface area contributed by atoms with Crippen LogP contribution in [0, 0.1) is 5.82 Å². The number of nitrogens with two attached hydrogens (primary N) is 1. The molecule has 0 unspecified atom stereocenters. The maximum Gasteiger partial charge on any atom is 0.573 e. The van der Waals surface area contributed by atoms with E-state index in [1.807, 2.05) is 0 Å². The van der Waals surface area contributed by atoms with Gasteiger partial charge in [-0.2, -0.15) is 0 Å².